The molecule has 0 heterocycles. The molecule has 0 bridgehead atoms. The van der Waals surface area contributed by atoms with Gasteiger partial charge in [0.1, 0.15) is 0 Å². The molecule has 0 fully saturated rings. The van der Waals surface area contributed by atoms with Crippen molar-refractivity contribution in [2.45, 2.75) is 20.3 Å². The van der Waals surface area contributed by atoms with Crippen LogP contribution in [0.3, 0.4) is 0 Å². The molecule has 0 aromatic heterocycles. The molecule has 0 saturated carbocycles. The van der Waals surface area contributed by atoms with Crippen molar-refractivity contribution in [1.29, 1.82) is 0 Å². The maximum atomic E-state index is 10.6. The van der Waals surface area contributed by atoms with Gasteiger partial charge in [0.15, 0.2) is 0 Å². The molecule has 2 N–H and O–H groups in total. The number of ether oxygens (including phenoxy) is 1. The number of carbonyl (C=O) groups is 3. The Morgan fingerprint density at radius 1 is 1.10 bits per heavy atom. The highest BCUT2D eigenvalue weighted by molar-refractivity contribution is 6.01. The van der Waals surface area contributed by atoms with Crippen molar-refractivity contribution in [3.63, 3.8) is 0 Å². The van der Waals surface area contributed by atoms with Crippen molar-refractivity contribution in [3.8, 4) is 0 Å². The lowest BCUT2D eigenvalue weighted by molar-refractivity contribution is -0.138. The maximum absolute atomic E-state index is 10.6. The van der Waals surface area contributed by atoms with Crippen molar-refractivity contribution in [2.75, 3.05) is 6.61 Å². The lowest BCUT2D eigenvalue weighted by Crippen LogP contribution is -2.06. The van der Waals surface area contributed by atoms with E-state index in [-0.39, 0.29) is 17.1 Å². The summed E-state index contributed by atoms with van der Waals surface area (Å²) in [4.78, 5) is 31.5. The maximum Gasteiger partial charge on any atom is 0.336 e. The number of carboxylic acid groups (broad SMARTS) is 2. The van der Waals surface area contributed by atoms with Crippen LogP contribution in [-0.4, -0.2) is 34.7 Å². The summed E-state index contributed by atoms with van der Waals surface area (Å²) in [6.45, 7) is 7.51. The molecule has 21 heavy (non-hydrogen) atoms. The Labute approximate surface area is 122 Å². The van der Waals surface area contributed by atoms with Gasteiger partial charge in [-0.25, -0.2) is 14.4 Å². The van der Waals surface area contributed by atoms with Gasteiger partial charge in [-0.3, -0.25) is 0 Å². The van der Waals surface area contributed by atoms with Gasteiger partial charge in [-0.05, 0) is 25.5 Å². The van der Waals surface area contributed by atoms with Gasteiger partial charge in [0, 0.05) is 5.57 Å². The second-order valence-electron chi connectivity index (χ2n) is 4.07. The van der Waals surface area contributed by atoms with Gasteiger partial charge in [-0.1, -0.05) is 25.6 Å². The molecule has 0 unspecified atom stereocenters. The molecule has 0 atom stereocenters. The first-order valence-electron chi connectivity index (χ1n) is 6.19. The molecule has 1 aromatic rings. The minimum atomic E-state index is -1.23. The first-order valence-corrected chi connectivity index (χ1v) is 6.19. The Morgan fingerprint density at radius 3 is 1.81 bits per heavy atom. The summed E-state index contributed by atoms with van der Waals surface area (Å²) < 4.78 is 4.71. The van der Waals surface area contributed by atoms with Crippen LogP contribution in [-0.2, 0) is 9.53 Å². The van der Waals surface area contributed by atoms with E-state index < -0.39 is 11.9 Å². The molecule has 0 aliphatic heterocycles. The van der Waals surface area contributed by atoms with Crippen LogP contribution in [0.5, 0.6) is 0 Å². The number of carbonyl (C=O) groups excluding carboxylic acids is 1. The molecule has 1 aromatic carbocycles. The summed E-state index contributed by atoms with van der Waals surface area (Å²) in [6.07, 6.45) is 0.860. The first-order chi connectivity index (χ1) is 9.81. The minimum absolute atomic E-state index is 0.190. The summed E-state index contributed by atoms with van der Waals surface area (Å²) in [5, 5.41) is 17.1. The third-order valence-electron chi connectivity index (χ3n) is 2.17. The van der Waals surface area contributed by atoms with Gasteiger partial charge in [-0.2, -0.15) is 0 Å². The predicted octanol–water partition coefficient (Wildman–Crippen LogP) is 2.60. The van der Waals surface area contributed by atoms with Crippen LogP contribution in [0.2, 0.25) is 0 Å². The third-order valence-corrected chi connectivity index (χ3v) is 2.17. The second-order valence-corrected chi connectivity index (χ2v) is 4.07. The average Bonchev–Trinajstić information content (AvgIpc) is 2.45. The Kier molecular flexibility index (Phi) is 8.14. The fourth-order valence-corrected chi connectivity index (χ4v) is 1.17. The summed E-state index contributed by atoms with van der Waals surface area (Å²) >= 11 is 0. The molecule has 0 amide bonds. The van der Waals surface area contributed by atoms with Gasteiger partial charge in [-0.15, -0.1) is 0 Å². The highest BCUT2D eigenvalue weighted by Gasteiger charge is 2.13. The number of hydrogen-bond acceptors (Lipinski definition) is 4. The van der Waals surface area contributed by atoms with E-state index in [0.29, 0.717) is 12.2 Å². The fraction of sp³-hybridized carbons (Fsp3) is 0.267. The predicted molar refractivity (Wildman–Crippen MR) is 76.4 cm³/mol. The standard InChI is InChI=1S/C8H6O4.C7H12O2/c9-7(10)5-3-1-2-4-6(5)8(11)12;1-4-5-9-7(8)6(2)3/h1-4H,(H,9,10)(H,11,12);2,4-5H2,1,3H3. The molecule has 1 rings (SSSR count). The van der Waals surface area contributed by atoms with E-state index in [1.54, 1.807) is 6.92 Å². The topological polar surface area (TPSA) is 101 Å². The molecule has 6 nitrogen and oxygen atoms in total. The van der Waals surface area contributed by atoms with Crippen molar-refractivity contribution >= 4 is 17.9 Å². The van der Waals surface area contributed by atoms with Gasteiger partial charge in [0.05, 0.1) is 17.7 Å². The molecule has 114 valence electrons. The highest BCUT2D eigenvalue weighted by atomic mass is 16.5. The molecule has 0 aliphatic rings. The van der Waals surface area contributed by atoms with Crippen LogP contribution in [0.4, 0.5) is 0 Å². The number of carboxylic acids is 2. The first kappa shape index (κ1) is 18.4. The number of esters is 1. The summed E-state index contributed by atoms with van der Waals surface area (Å²) in [6, 6.07) is 5.48. The number of benzene rings is 1. The van der Waals surface area contributed by atoms with Crippen LogP contribution in [0, 0.1) is 0 Å². The van der Waals surface area contributed by atoms with E-state index >= 15 is 0 Å². The quantitative estimate of drug-likeness (QED) is 0.639. The highest BCUT2D eigenvalue weighted by Crippen LogP contribution is 2.07. The molecule has 0 aliphatic carbocycles. The second kappa shape index (κ2) is 9.30. The molecule has 6 heteroatoms. The Morgan fingerprint density at radius 2 is 1.52 bits per heavy atom. The molecular weight excluding hydrogens is 276 g/mol. The largest absolute Gasteiger partial charge is 0.478 e. The van der Waals surface area contributed by atoms with Gasteiger partial charge in [0.25, 0.3) is 0 Å². The lowest BCUT2D eigenvalue weighted by atomic mass is 10.1. The zero-order valence-electron chi connectivity index (χ0n) is 12.0. The molecule has 0 radical (unpaired) electrons. The number of rotatable bonds is 5. The summed E-state index contributed by atoms with van der Waals surface area (Å²) in [5.74, 6) is -2.75. The van der Waals surface area contributed by atoms with Gasteiger partial charge in [0.2, 0.25) is 0 Å². The molecule has 0 spiro atoms. The summed E-state index contributed by atoms with van der Waals surface area (Å²) in [7, 11) is 0. The number of aromatic carboxylic acids is 2. The Bertz CT molecular complexity index is 500. The van der Waals surface area contributed by atoms with Crippen LogP contribution in [0.25, 0.3) is 0 Å². The van der Waals surface area contributed by atoms with Crippen molar-refractivity contribution in [1.82, 2.24) is 0 Å². The fourth-order valence-electron chi connectivity index (χ4n) is 1.17. The third kappa shape index (κ3) is 6.91. The SMILES string of the molecule is C=C(C)C(=O)OCCC.O=C(O)c1ccccc1C(=O)O. The Hall–Kier alpha value is -2.63. The van der Waals surface area contributed by atoms with E-state index in [0.717, 1.165) is 6.42 Å². The zero-order chi connectivity index (χ0) is 16.4. The lowest BCUT2D eigenvalue weighted by Gasteiger charge is -1.99. The van der Waals surface area contributed by atoms with E-state index in [9.17, 15) is 14.4 Å². The molecule has 0 saturated heterocycles. The van der Waals surface area contributed by atoms with Crippen LogP contribution in [0.15, 0.2) is 36.4 Å². The number of hydrogen-bond donors (Lipinski definition) is 2. The Balaban J connectivity index is 0.000000400. The van der Waals surface area contributed by atoms with Crippen LogP contribution in [0.1, 0.15) is 41.0 Å². The zero-order valence-corrected chi connectivity index (χ0v) is 12.0. The minimum Gasteiger partial charge on any atom is -0.478 e. The smallest absolute Gasteiger partial charge is 0.336 e. The van der Waals surface area contributed by atoms with E-state index in [2.05, 4.69) is 6.58 Å². The summed E-state index contributed by atoms with van der Waals surface area (Å²) in [5.41, 5.74) is 0.0819. The average molecular weight is 294 g/mol. The molecular formula is C15H18O6. The van der Waals surface area contributed by atoms with Crippen LogP contribution < -0.4 is 0 Å². The monoisotopic (exact) mass is 294 g/mol. The van der Waals surface area contributed by atoms with E-state index in [1.165, 1.54) is 24.3 Å². The normalized spacial score (nSPS) is 9.05. The van der Waals surface area contributed by atoms with E-state index in [4.69, 9.17) is 14.9 Å². The van der Waals surface area contributed by atoms with Crippen LogP contribution >= 0.6 is 0 Å². The van der Waals surface area contributed by atoms with Crippen molar-refractivity contribution in [3.05, 3.63) is 47.5 Å². The van der Waals surface area contributed by atoms with Gasteiger partial charge >= 0.3 is 17.9 Å². The van der Waals surface area contributed by atoms with E-state index in [1.807, 2.05) is 6.92 Å². The van der Waals surface area contributed by atoms with Crippen molar-refractivity contribution < 1.29 is 29.3 Å². The van der Waals surface area contributed by atoms with Gasteiger partial charge < -0.3 is 14.9 Å². The van der Waals surface area contributed by atoms with Crippen molar-refractivity contribution in [2.24, 2.45) is 0 Å².